The van der Waals surface area contributed by atoms with Gasteiger partial charge in [-0.1, -0.05) is 24.3 Å². The molecule has 8 nitrogen and oxygen atoms in total. The summed E-state index contributed by atoms with van der Waals surface area (Å²) in [7, 11) is 2.61. The van der Waals surface area contributed by atoms with Crippen LogP contribution in [0.5, 0.6) is 0 Å². The van der Waals surface area contributed by atoms with Gasteiger partial charge >= 0.3 is 17.9 Å². The van der Waals surface area contributed by atoms with Gasteiger partial charge in [-0.15, -0.1) is 11.3 Å². The standard InChI is InChI=1S/C24H26N2O6S/c1-6-32-18(27)11-15-12-33-22(26-15)17-10-8-7-9-16(17)21-19(23(28)30-4)13(2)25-14(3)20(21)24(29)31-5/h7-10,12,21,25H,6,11H2,1-5H3. The van der Waals surface area contributed by atoms with E-state index in [1.165, 1.54) is 25.6 Å². The molecule has 1 aromatic carbocycles. The Morgan fingerprint density at radius 1 is 1.03 bits per heavy atom. The molecule has 33 heavy (non-hydrogen) atoms. The summed E-state index contributed by atoms with van der Waals surface area (Å²) in [6.07, 6.45) is 0.0682. The lowest BCUT2D eigenvalue weighted by Gasteiger charge is -2.31. The van der Waals surface area contributed by atoms with E-state index < -0.39 is 17.9 Å². The van der Waals surface area contributed by atoms with Crippen LogP contribution in [0.1, 0.15) is 37.9 Å². The van der Waals surface area contributed by atoms with Crippen molar-refractivity contribution in [2.24, 2.45) is 0 Å². The molecular weight excluding hydrogens is 444 g/mol. The molecule has 0 radical (unpaired) electrons. The lowest BCUT2D eigenvalue weighted by molar-refractivity contribution is -0.142. The van der Waals surface area contributed by atoms with E-state index in [-0.39, 0.29) is 12.4 Å². The fourth-order valence-electron chi connectivity index (χ4n) is 3.88. The van der Waals surface area contributed by atoms with Crippen LogP contribution in [0, 0.1) is 0 Å². The number of rotatable bonds is 7. The van der Waals surface area contributed by atoms with E-state index >= 15 is 0 Å². The number of esters is 3. The number of benzene rings is 1. The molecule has 0 saturated carbocycles. The van der Waals surface area contributed by atoms with Crippen molar-refractivity contribution < 1.29 is 28.6 Å². The minimum Gasteiger partial charge on any atom is -0.466 e. The maximum absolute atomic E-state index is 12.8. The summed E-state index contributed by atoms with van der Waals surface area (Å²) in [6, 6.07) is 7.42. The molecule has 9 heteroatoms. The second kappa shape index (κ2) is 10.4. The number of nitrogens with zero attached hydrogens (tertiary/aromatic N) is 1. The molecule has 0 fully saturated rings. The predicted octanol–water partition coefficient (Wildman–Crippen LogP) is 3.50. The van der Waals surface area contributed by atoms with E-state index in [0.717, 1.165) is 5.56 Å². The quantitative estimate of drug-likeness (QED) is 0.484. The topological polar surface area (TPSA) is 104 Å². The highest BCUT2D eigenvalue weighted by molar-refractivity contribution is 7.13. The van der Waals surface area contributed by atoms with Crippen molar-refractivity contribution >= 4 is 29.2 Å². The molecule has 0 bridgehead atoms. The van der Waals surface area contributed by atoms with Crippen molar-refractivity contribution in [1.29, 1.82) is 0 Å². The lowest BCUT2D eigenvalue weighted by atomic mass is 9.78. The highest BCUT2D eigenvalue weighted by Crippen LogP contribution is 2.43. The number of thiazole rings is 1. The zero-order valence-electron chi connectivity index (χ0n) is 19.2. The van der Waals surface area contributed by atoms with Crippen LogP contribution in [0.2, 0.25) is 0 Å². The van der Waals surface area contributed by atoms with Gasteiger partial charge in [-0.05, 0) is 26.3 Å². The van der Waals surface area contributed by atoms with E-state index in [2.05, 4.69) is 10.3 Å². The Kier molecular flexibility index (Phi) is 7.65. The molecule has 0 saturated heterocycles. The van der Waals surface area contributed by atoms with Crippen LogP contribution >= 0.6 is 11.3 Å². The highest BCUT2D eigenvalue weighted by atomic mass is 32.1. The second-order valence-corrected chi connectivity index (χ2v) is 8.19. The SMILES string of the molecule is CCOC(=O)Cc1csc(-c2ccccc2C2C(C(=O)OC)=C(C)NC(C)=C2C(=O)OC)n1. The van der Waals surface area contributed by atoms with Gasteiger partial charge in [0.15, 0.2) is 0 Å². The maximum atomic E-state index is 12.8. The van der Waals surface area contributed by atoms with E-state index in [1.54, 1.807) is 26.2 Å². The first-order chi connectivity index (χ1) is 15.8. The third kappa shape index (κ3) is 4.98. The molecule has 2 aromatic rings. The summed E-state index contributed by atoms with van der Waals surface area (Å²) < 4.78 is 15.1. The number of methoxy groups -OCH3 is 2. The normalized spacial score (nSPS) is 14.1. The monoisotopic (exact) mass is 470 g/mol. The Morgan fingerprint density at radius 2 is 1.64 bits per heavy atom. The molecule has 0 amide bonds. The third-order valence-corrected chi connectivity index (χ3v) is 6.18. The summed E-state index contributed by atoms with van der Waals surface area (Å²) in [4.78, 5) is 42.1. The smallest absolute Gasteiger partial charge is 0.336 e. The maximum Gasteiger partial charge on any atom is 0.336 e. The van der Waals surface area contributed by atoms with Gasteiger partial charge in [-0.25, -0.2) is 14.6 Å². The van der Waals surface area contributed by atoms with Crippen LogP contribution in [0.4, 0.5) is 0 Å². The molecule has 0 unspecified atom stereocenters. The number of hydrogen-bond acceptors (Lipinski definition) is 9. The number of nitrogens with one attached hydrogen (secondary N) is 1. The number of carbonyl (C=O) groups excluding carboxylic acids is 3. The molecule has 2 heterocycles. The van der Waals surface area contributed by atoms with Gasteiger partial charge in [0, 0.05) is 22.3 Å². The van der Waals surface area contributed by atoms with Crippen LogP contribution < -0.4 is 5.32 Å². The third-order valence-electron chi connectivity index (χ3n) is 5.26. The average Bonchev–Trinajstić information content (AvgIpc) is 3.26. The van der Waals surface area contributed by atoms with Gasteiger partial charge in [0.05, 0.1) is 50.0 Å². The summed E-state index contributed by atoms with van der Waals surface area (Å²) in [6.45, 7) is 5.58. The summed E-state index contributed by atoms with van der Waals surface area (Å²) >= 11 is 1.37. The second-order valence-electron chi connectivity index (χ2n) is 7.33. The number of allylic oxidation sites excluding steroid dienone is 2. The Morgan fingerprint density at radius 3 is 2.21 bits per heavy atom. The number of carbonyl (C=O) groups is 3. The van der Waals surface area contributed by atoms with Crippen molar-refractivity contribution in [2.75, 3.05) is 20.8 Å². The average molecular weight is 471 g/mol. The molecule has 1 N–H and O–H groups in total. The summed E-state index contributed by atoms with van der Waals surface area (Å²) in [5, 5.41) is 5.56. The first-order valence-corrected chi connectivity index (χ1v) is 11.2. The van der Waals surface area contributed by atoms with Gasteiger partial charge in [-0.2, -0.15) is 0 Å². The molecule has 1 aliphatic heterocycles. The van der Waals surface area contributed by atoms with E-state index in [1.807, 2.05) is 24.3 Å². The van der Waals surface area contributed by atoms with Crippen molar-refractivity contribution in [3.05, 3.63) is 63.4 Å². The predicted molar refractivity (Wildman–Crippen MR) is 123 cm³/mol. The van der Waals surface area contributed by atoms with Gasteiger partial charge in [0.1, 0.15) is 5.01 Å². The zero-order chi connectivity index (χ0) is 24.1. The van der Waals surface area contributed by atoms with Crippen LogP contribution in [-0.2, 0) is 35.0 Å². The molecule has 3 rings (SSSR count). The number of hydrogen-bond donors (Lipinski definition) is 1. The van der Waals surface area contributed by atoms with Gasteiger partial charge in [-0.3, -0.25) is 4.79 Å². The van der Waals surface area contributed by atoms with Gasteiger partial charge < -0.3 is 19.5 Å². The van der Waals surface area contributed by atoms with E-state index in [4.69, 9.17) is 14.2 Å². The first-order valence-electron chi connectivity index (χ1n) is 10.4. The number of dihydropyridines is 1. The Hall–Kier alpha value is -3.46. The molecule has 0 aliphatic carbocycles. The number of aromatic nitrogens is 1. The lowest BCUT2D eigenvalue weighted by Crippen LogP contribution is -2.32. The van der Waals surface area contributed by atoms with Crippen molar-refractivity contribution in [3.63, 3.8) is 0 Å². The van der Waals surface area contributed by atoms with Crippen molar-refractivity contribution in [2.45, 2.75) is 33.1 Å². The van der Waals surface area contributed by atoms with Crippen LogP contribution in [0.15, 0.2) is 52.2 Å². The van der Waals surface area contributed by atoms with Crippen LogP contribution in [0.3, 0.4) is 0 Å². The van der Waals surface area contributed by atoms with Gasteiger partial charge in [0.2, 0.25) is 0 Å². The Labute approximate surface area is 196 Å². The molecular formula is C24H26N2O6S. The minimum atomic E-state index is -0.722. The number of ether oxygens (including phenoxy) is 3. The van der Waals surface area contributed by atoms with Crippen LogP contribution in [0.25, 0.3) is 10.6 Å². The molecule has 0 atom stereocenters. The first kappa shape index (κ1) is 24.2. The summed E-state index contributed by atoms with van der Waals surface area (Å²) in [5.41, 5.74) is 3.86. The van der Waals surface area contributed by atoms with Gasteiger partial charge in [0.25, 0.3) is 0 Å². The summed E-state index contributed by atoms with van der Waals surface area (Å²) in [5.74, 6) is -2.16. The zero-order valence-corrected chi connectivity index (χ0v) is 20.0. The highest BCUT2D eigenvalue weighted by Gasteiger charge is 2.38. The van der Waals surface area contributed by atoms with Crippen molar-refractivity contribution in [1.82, 2.24) is 10.3 Å². The Bertz CT molecular complexity index is 1110. The fraction of sp³-hybridized carbons (Fsp3) is 0.333. The Balaban J connectivity index is 2.15. The molecule has 174 valence electrons. The molecule has 1 aromatic heterocycles. The van der Waals surface area contributed by atoms with Crippen molar-refractivity contribution in [3.8, 4) is 10.6 Å². The van der Waals surface area contributed by atoms with Crippen LogP contribution in [-0.4, -0.2) is 43.7 Å². The fourth-order valence-corrected chi connectivity index (χ4v) is 4.75. The largest absolute Gasteiger partial charge is 0.466 e. The minimum absolute atomic E-state index is 0.0682. The molecule has 1 aliphatic rings. The molecule has 0 spiro atoms. The van der Waals surface area contributed by atoms with E-state index in [0.29, 0.717) is 45.4 Å². The van der Waals surface area contributed by atoms with E-state index in [9.17, 15) is 14.4 Å².